The first-order valence-electron chi connectivity index (χ1n) is 8.60. The third-order valence-corrected chi connectivity index (χ3v) is 4.12. The molecule has 0 aromatic heterocycles. The lowest BCUT2D eigenvalue weighted by molar-refractivity contribution is 0.111. The van der Waals surface area contributed by atoms with E-state index in [1.54, 1.807) is 33.5 Å². The second-order valence-corrected chi connectivity index (χ2v) is 5.87. The normalized spacial score (nSPS) is 12.5. The number of methoxy groups -OCH3 is 3. The van der Waals surface area contributed by atoms with Crippen molar-refractivity contribution < 1.29 is 18.6 Å². The van der Waals surface area contributed by atoms with Gasteiger partial charge in [-0.25, -0.2) is 4.39 Å². The maximum absolute atomic E-state index is 13.0. The summed E-state index contributed by atoms with van der Waals surface area (Å²) in [6.07, 6.45) is 0.471. The molecule has 7 heteroatoms. The predicted molar refractivity (Wildman–Crippen MR) is 104 cm³/mol. The van der Waals surface area contributed by atoms with E-state index in [4.69, 9.17) is 19.9 Å². The molecule has 0 heterocycles. The Morgan fingerprint density at radius 2 is 1.78 bits per heavy atom. The van der Waals surface area contributed by atoms with Crippen molar-refractivity contribution >= 4 is 5.96 Å². The molecule has 3 N–H and O–H groups in total. The number of benzene rings is 2. The summed E-state index contributed by atoms with van der Waals surface area (Å²) in [5.41, 5.74) is 7.86. The van der Waals surface area contributed by atoms with Crippen LogP contribution in [-0.4, -0.2) is 40.4 Å². The van der Waals surface area contributed by atoms with Gasteiger partial charge in [-0.1, -0.05) is 18.2 Å². The van der Waals surface area contributed by atoms with E-state index in [2.05, 4.69) is 10.3 Å². The number of hydrogen-bond donors (Lipinski definition) is 2. The molecular weight excluding hydrogens is 349 g/mol. The lowest BCUT2D eigenvalue weighted by Gasteiger charge is -2.14. The van der Waals surface area contributed by atoms with Crippen LogP contribution >= 0.6 is 0 Å². The number of aliphatic imine (C=N–C) groups is 1. The van der Waals surface area contributed by atoms with Gasteiger partial charge in [0.25, 0.3) is 0 Å². The number of nitrogens with one attached hydrogen (secondary N) is 1. The number of hydrogen-bond acceptors (Lipinski definition) is 4. The molecule has 0 spiro atoms. The van der Waals surface area contributed by atoms with Gasteiger partial charge in [0.05, 0.1) is 20.8 Å². The van der Waals surface area contributed by atoms with Crippen molar-refractivity contribution in [1.82, 2.24) is 5.32 Å². The summed E-state index contributed by atoms with van der Waals surface area (Å²) in [6, 6.07) is 11.9. The van der Waals surface area contributed by atoms with Gasteiger partial charge in [-0.15, -0.1) is 0 Å². The van der Waals surface area contributed by atoms with Crippen molar-refractivity contribution in [3.05, 3.63) is 59.4 Å². The Kier molecular flexibility index (Phi) is 7.88. The van der Waals surface area contributed by atoms with Gasteiger partial charge in [0.15, 0.2) is 17.5 Å². The number of nitrogens with two attached hydrogens (primary N) is 1. The standard InChI is InChI=1S/C20H26FN3O3/c1-25-17-9-4-14(12-18(17)26-2)10-11-23-20(22)24-13-19(27-3)15-5-7-16(21)8-6-15/h4-9,12,19H,10-11,13H2,1-3H3,(H3,22,23,24). The molecule has 2 aromatic carbocycles. The Hall–Kier alpha value is -2.80. The smallest absolute Gasteiger partial charge is 0.188 e. The van der Waals surface area contributed by atoms with E-state index in [0.29, 0.717) is 30.5 Å². The van der Waals surface area contributed by atoms with Gasteiger partial charge in [0.2, 0.25) is 0 Å². The minimum absolute atomic E-state index is 0.281. The van der Waals surface area contributed by atoms with Crippen molar-refractivity contribution in [3.63, 3.8) is 0 Å². The number of rotatable bonds is 9. The summed E-state index contributed by atoms with van der Waals surface area (Å²) in [6.45, 7) is 0.969. The zero-order valence-corrected chi connectivity index (χ0v) is 15.9. The third-order valence-electron chi connectivity index (χ3n) is 4.12. The van der Waals surface area contributed by atoms with E-state index in [1.165, 1.54) is 12.1 Å². The molecule has 2 rings (SSSR count). The number of ether oxygens (including phenoxy) is 3. The highest BCUT2D eigenvalue weighted by molar-refractivity contribution is 5.77. The van der Waals surface area contributed by atoms with Gasteiger partial charge in [0.1, 0.15) is 11.9 Å². The zero-order valence-electron chi connectivity index (χ0n) is 15.9. The summed E-state index contributed by atoms with van der Waals surface area (Å²) < 4.78 is 29.0. The molecular formula is C20H26FN3O3. The Balaban J connectivity index is 1.85. The fourth-order valence-corrected chi connectivity index (χ4v) is 2.60. The Morgan fingerprint density at radius 3 is 2.41 bits per heavy atom. The average Bonchev–Trinajstić information content (AvgIpc) is 2.69. The fourth-order valence-electron chi connectivity index (χ4n) is 2.60. The van der Waals surface area contributed by atoms with Crippen LogP contribution in [0.25, 0.3) is 0 Å². The Morgan fingerprint density at radius 1 is 1.07 bits per heavy atom. The quantitative estimate of drug-likeness (QED) is 0.520. The van der Waals surface area contributed by atoms with Crippen molar-refractivity contribution in [2.75, 3.05) is 34.4 Å². The van der Waals surface area contributed by atoms with Crippen LogP contribution in [0.2, 0.25) is 0 Å². The molecule has 0 saturated heterocycles. The molecule has 146 valence electrons. The van der Waals surface area contributed by atoms with Crippen LogP contribution in [0.1, 0.15) is 17.2 Å². The van der Waals surface area contributed by atoms with Gasteiger partial charge in [0, 0.05) is 13.7 Å². The molecule has 0 bridgehead atoms. The summed E-state index contributed by atoms with van der Waals surface area (Å²) >= 11 is 0. The first-order chi connectivity index (χ1) is 13.1. The SMILES string of the molecule is COc1ccc(CCNC(N)=NCC(OC)c2ccc(F)cc2)cc1OC. The van der Waals surface area contributed by atoms with E-state index < -0.39 is 0 Å². The molecule has 6 nitrogen and oxygen atoms in total. The van der Waals surface area contributed by atoms with Crippen LogP contribution in [0, 0.1) is 5.82 Å². The fraction of sp³-hybridized carbons (Fsp3) is 0.350. The second-order valence-electron chi connectivity index (χ2n) is 5.87. The van der Waals surface area contributed by atoms with Gasteiger partial charge >= 0.3 is 0 Å². The molecule has 1 atom stereocenters. The topological polar surface area (TPSA) is 78.1 Å². The van der Waals surface area contributed by atoms with E-state index in [0.717, 1.165) is 17.5 Å². The number of nitrogens with zero attached hydrogens (tertiary/aromatic N) is 1. The molecule has 0 amide bonds. The van der Waals surface area contributed by atoms with Crippen LogP contribution in [0.5, 0.6) is 11.5 Å². The predicted octanol–water partition coefficient (Wildman–Crippen LogP) is 2.68. The molecule has 0 fully saturated rings. The summed E-state index contributed by atoms with van der Waals surface area (Å²) in [5.74, 6) is 1.44. The summed E-state index contributed by atoms with van der Waals surface area (Å²) in [5, 5.41) is 3.08. The minimum atomic E-state index is -0.284. The second kappa shape index (κ2) is 10.4. The first-order valence-corrected chi connectivity index (χ1v) is 8.60. The highest BCUT2D eigenvalue weighted by atomic mass is 19.1. The van der Waals surface area contributed by atoms with Crippen molar-refractivity contribution in [3.8, 4) is 11.5 Å². The monoisotopic (exact) mass is 375 g/mol. The Labute approximate surface area is 159 Å². The van der Waals surface area contributed by atoms with Crippen LogP contribution in [-0.2, 0) is 11.2 Å². The molecule has 2 aromatic rings. The van der Waals surface area contributed by atoms with Gasteiger partial charge in [-0.3, -0.25) is 4.99 Å². The van der Waals surface area contributed by atoms with E-state index in [1.807, 2.05) is 18.2 Å². The zero-order chi connectivity index (χ0) is 19.6. The molecule has 0 radical (unpaired) electrons. The van der Waals surface area contributed by atoms with Crippen molar-refractivity contribution in [2.45, 2.75) is 12.5 Å². The van der Waals surface area contributed by atoms with Gasteiger partial charge < -0.3 is 25.3 Å². The van der Waals surface area contributed by atoms with Crippen LogP contribution in [0.4, 0.5) is 4.39 Å². The molecule has 0 aliphatic rings. The first kappa shape index (κ1) is 20.5. The largest absolute Gasteiger partial charge is 0.493 e. The third kappa shape index (κ3) is 6.14. The molecule has 0 saturated carbocycles. The van der Waals surface area contributed by atoms with Crippen LogP contribution < -0.4 is 20.5 Å². The molecule has 0 aliphatic heterocycles. The summed E-state index contributed by atoms with van der Waals surface area (Å²) in [4.78, 5) is 4.31. The highest BCUT2D eigenvalue weighted by Gasteiger charge is 2.10. The average molecular weight is 375 g/mol. The molecule has 1 unspecified atom stereocenters. The minimum Gasteiger partial charge on any atom is -0.493 e. The van der Waals surface area contributed by atoms with E-state index >= 15 is 0 Å². The van der Waals surface area contributed by atoms with E-state index in [9.17, 15) is 4.39 Å². The lowest BCUT2D eigenvalue weighted by atomic mass is 10.1. The van der Waals surface area contributed by atoms with Crippen molar-refractivity contribution in [1.29, 1.82) is 0 Å². The number of guanidine groups is 1. The lowest BCUT2D eigenvalue weighted by Crippen LogP contribution is -2.33. The molecule has 27 heavy (non-hydrogen) atoms. The van der Waals surface area contributed by atoms with Crippen LogP contribution in [0.15, 0.2) is 47.5 Å². The number of halogens is 1. The molecule has 0 aliphatic carbocycles. The van der Waals surface area contributed by atoms with Gasteiger partial charge in [-0.2, -0.15) is 0 Å². The maximum atomic E-state index is 13.0. The van der Waals surface area contributed by atoms with Crippen molar-refractivity contribution in [2.24, 2.45) is 10.7 Å². The maximum Gasteiger partial charge on any atom is 0.188 e. The Bertz CT molecular complexity index is 751. The van der Waals surface area contributed by atoms with E-state index in [-0.39, 0.29) is 11.9 Å². The van der Waals surface area contributed by atoms with Gasteiger partial charge in [-0.05, 0) is 41.8 Å². The highest BCUT2D eigenvalue weighted by Crippen LogP contribution is 2.27. The summed E-state index contributed by atoms with van der Waals surface area (Å²) in [7, 11) is 4.80. The van der Waals surface area contributed by atoms with Crippen LogP contribution in [0.3, 0.4) is 0 Å².